The number of nitrogens with one attached hydrogen (secondary N) is 1. The summed E-state index contributed by atoms with van der Waals surface area (Å²) in [7, 11) is 0. The fourth-order valence-electron chi connectivity index (χ4n) is 2.72. The third-order valence-electron chi connectivity index (χ3n) is 3.68. The number of carbonyl (C=O) groups excluding carboxylic acids is 1. The minimum absolute atomic E-state index is 0.299. The topological polar surface area (TPSA) is 41.6 Å². The van der Waals surface area contributed by atoms with Gasteiger partial charge < -0.3 is 15.0 Å². The molecule has 0 aromatic rings. The van der Waals surface area contributed by atoms with Gasteiger partial charge in [-0.3, -0.25) is 0 Å². The molecule has 0 aliphatic carbocycles. The standard InChI is InChI=1S/C16H32N2O2/c1-5-6-12-18-13-8-10-14(18)9-7-11-17-15(19)20-16(2,3)4/h14H,5-13H2,1-4H3,(H,17,19)/t14-/m0/s1. The number of likely N-dealkylation sites (tertiary alicyclic amines) is 1. The number of ether oxygens (including phenoxy) is 1. The summed E-state index contributed by atoms with van der Waals surface area (Å²) in [5, 5.41) is 2.84. The molecule has 0 aromatic carbocycles. The van der Waals surface area contributed by atoms with Crippen LogP contribution in [0.4, 0.5) is 4.79 Å². The van der Waals surface area contributed by atoms with E-state index in [9.17, 15) is 4.79 Å². The van der Waals surface area contributed by atoms with Crippen molar-refractivity contribution in [2.24, 2.45) is 0 Å². The van der Waals surface area contributed by atoms with E-state index in [0.717, 1.165) is 12.5 Å². The number of hydrogen-bond acceptors (Lipinski definition) is 3. The smallest absolute Gasteiger partial charge is 0.407 e. The molecule has 0 unspecified atom stereocenters. The fourth-order valence-corrected chi connectivity index (χ4v) is 2.72. The molecule has 1 N–H and O–H groups in total. The summed E-state index contributed by atoms with van der Waals surface area (Å²) in [5.74, 6) is 0. The summed E-state index contributed by atoms with van der Waals surface area (Å²) >= 11 is 0. The second kappa shape index (κ2) is 8.50. The van der Waals surface area contributed by atoms with E-state index in [4.69, 9.17) is 4.74 Å². The molecular formula is C16H32N2O2. The first kappa shape index (κ1) is 17.3. The van der Waals surface area contributed by atoms with E-state index in [1.54, 1.807) is 0 Å². The van der Waals surface area contributed by atoms with Crippen LogP contribution in [0, 0.1) is 0 Å². The number of hydrogen-bond donors (Lipinski definition) is 1. The van der Waals surface area contributed by atoms with Gasteiger partial charge in [0, 0.05) is 12.6 Å². The first-order valence-corrected chi connectivity index (χ1v) is 8.13. The van der Waals surface area contributed by atoms with Gasteiger partial charge in [-0.2, -0.15) is 0 Å². The van der Waals surface area contributed by atoms with Crippen LogP contribution >= 0.6 is 0 Å². The Labute approximate surface area is 124 Å². The molecule has 4 heteroatoms. The van der Waals surface area contributed by atoms with Gasteiger partial charge >= 0.3 is 6.09 Å². The van der Waals surface area contributed by atoms with Crippen LogP contribution in [-0.4, -0.2) is 42.3 Å². The number of unbranched alkanes of at least 4 members (excludes halogenated alkanes) is 1. The Bertz CT molecular complexity index is 287. The molecule has 1 aliphatic rings. The Morgan fingerprint density at radius 3 is 2.75 bits per heavy atom. The van der Waals surface area contributed by atoms with Gasteiger partial charge in [0.15, 0.2) is 0 Å². The molecule has 1 amide bonds. The quantitative estimate of drug-likeness (QED) is 0.727. The normalized spacial score (nSPS) is 20.1. The third kappa shape index (κ3) is 7.13. The van der Waals surface area contributed by atoms with Crippen molar-refractivity contribution in [3.63, 3.8) is 0 Å². The van der Waals surface area contributed by atoms with Gasteiger partial charge in [0.25, 0.3) is 0 Å². The minimum atomic E-state index is -0.410. The summed E-state index contributed by atoms with van der Waals surface area (Å²) in [6.07, 6.45) is 7.12. The molecule has 118 valence electrons. The predicted molar refractivity (Wildman–Crippen MR) is 83.0 cm³/mol. The van der Waals surface area contributed by atoms with E-state index in [0.29, 0.717) is 6.54 Å². The maximum absolute atomic E-state index is 11.5. The molecule has 20 heavy (non-hydrogen) atoms. The van der Waals surface area contributed by atoms with Crippen molar-refractivity contribution in [2.75, 3.05) is 19.6 Å². The van der Waals surface area contributed by atoms with E-state index >= 15 is 0 Å². The van der Waals surface area contributed by atoms with Crippen LogP contribution in [-0.2, 0) is 4.74 Å². The van der Waals surface area contributed by atoms with Crippen LogP contribution in [0.1, 0.15) is 66.2 Å². The fraction of sp³-hybridized carbons (Fsp3) is 0.938. The summed E-state index contributed by atoms with van der Waals surface area (Å²) in [6.45, 7) is 11.1. The second-order valence-corrected chi connectivity index (χ2v) is 6.76. The Hall–Kier alpha value is -0.770. The van der Waals surface area contributed by atoms with Gasteiger partial charge in [-0.05, 0) is 66.0 Å². The molecule has 0 spiro atoms. The zero-order valence-corrected chi connectivity index (χ0v) is 13.7. The van der Waals surface area contributed by atoms with Gasteiger partial charge in [0.05, 0.1) is 0 Å². The molecular weight excluding hydrogens is 252 g/mol. The van der Waals surface area contributed by atoms with Gasteiger partial charge in [0.2, 0.25) is 0 Å². The maximum atomic E-state index is 11.5. The van der Waals surface area contributed by atoms with E-state index in [1.807, 2.05) is 20.8 Å². The van der Waals surface area contributed by atoms with Crippen molar-refractivity contribution < 1.29 is 9.53 Å². The maximum Gasteiger partial charge on any atom is 0.407 e. The molecule has 1 saturated heterocycles. The number of rotatable bonds is 7. The van der Waals surface area contributed by atoms with Crippen molar-refractivity contribution in [1.29, 1.82) is 0 Å². The van der Waals surface area contributed by atoms with Crippen molar-refractivity contribution in [2.45, 2.75) is 77.9 Å². The van der Waals surface area contributed by atoms with E-state index in [1.165, 1.54) is 45.2 Å². The highest BCUT2D eigenvalue weighted by atomic mass is 16.6. The molecule has 0 radical (unpaired) electrons. The third-order valence-corrected chi connectivity index (χ3v) is 3.68. The molecule has 1 fully saturated rings. The SMILES string of the molecule is CCCCN1CCC[C@@H]1CCCNC(=O)OC(C)(C)C. The Kier molecular flexibility index (Phi) is 7.35. The van der Waals surface area contributed by atoms with Crippen LogP contribution < -0.4 is 5.32 Å². The van der Waals surface area contributed by atoms with Crippen LogP contribution in [0.15, 0.2) is 0 Å². The van der Waals surface area contributed by atoms with Crippen LogP contribution in [0.25, 0.3) is 0 Å². The summed E-state index contributed by atoms with van der Waals surface area (Å²) in [4.78, 5) is 14.1. The largest absolute Gasteiger partial charge is 0.444 e. The highest BCUT2D eigenvalue weighted by Crippen LogP contribution is 2.21. The first-order chi connectivity index (χ1) is 9.42. The lowest BCUT2D eigenvalue weighted by molar-refractivity contribution is 0.0526. The zero-order chi connectivity index (χ0) is 15.0. The monoisotopic (exact) mass is 284 g/mol. The molecule has 1 rings (SSSR count). The summed E-state index contributed by atoms with van der Waals surface area (Å²) in [6, 6.07) is 0.724. The Morgan fingerprint density at radius 1 is 1.35 bits per heavy atom. The van der Waals surface area contributed by atoms with Gasteiger partial charge in [-0.25, -0.2) is 4.79 Å². The van der Waals surface area contributed by atoms with Crippen molar-refractivity contribution >= 4 is 6.09 Å². The van der Waals surface area contributed by atoms with Gasteiger partial charge in [0.1, 0.15) is 5.60 Å². The lowest BCUT2D eigenvalue weighted by atomic mass is 10.1. The second-order valence-electron chi connectivity index (χ2n) is 6.76. The molecule has 1 heterocycles. The molecule has 1 atom stereocenters. The van der Waals surface area contributed by atoms with E-state index in [-0.39, 0.29) is 6.09 Å². The predicted octanol–water partition coefficient (Wildman–Crippen LogP) is 3.56. The van der Waals surface area contributed by atoms with Crippen LogP contribution in [0.5, 0.6) is 0 Å². The summed E-state index contributed by atoms with van der Waals surface area (Å²) in [5.41, 5.74) is -0.410. The number of carbonyl (C=O) groups is 1. The van der Waals surface area contributed by atoms with Crippen molar-refractivity contribution in [3.8, 4) is 0 Å². The number of amides is 1. The van der Waals surface area contributed by atoms with Crippen LogP contribution in [0.2, 0.25) is 0 Å². The Balaban J connectivity index is 2.12. The van der Waals surface area contributed by atoms with E-state index in [2.05, 4.69) is 17.1 Å². The Morgan fingerprint density at radius 2 is 2.10 bits per heavy atom. The highest BCUT2D eigenvalue weighted by molar-refractivity contribution is 5.67. The number of alkyl carbamates (subject to hydrolysis) is 1. The zero-order valence-electron chi connectivity index (χ0n) is 13.7. The van der Waals surface area contributed by atoms with Crippen molar-refractivity contribution in [1.82, 2.24) is 10.2 Å². The lowest BCUT2D eigenvalue weighted by Gasteiger charge is -2.24. The highest BCUT2D eigenvalue weighted by Gasteiger charge is 2.23. The van der Waals surface area contributed by atoms with Gasteiger partial charge in [-0.15, -0.1) is 0 Å². The molecule has 0 saturated carbocycles. The average molecular weight is 284 g/mol. The van der Waals surface area contributed by atoms with Crippen molar-refractivity contribution in [3.05, 3.63) is 0 Å². The molecule has 4 nitrogen and oxygen atoms in total. The average Bonchev–Trinajstić information content (AvgIpc) is 2.77. The molecule has 0 aromatic heterocycles. The molecule has 1 aliphatic heterocycles. The van der Waals surface area contributed by atoms with Crippen LogP contribution in [0.3, 0.4) is 0 Å². The lowest BCUT2D eigenvalue weighted by Crippen LogP contribution is -2.34. The van der Waals surface area contributed by atoms with E-state index < -0.39 is 5.60 Å². The first-order valence-electron chi connectivity index (χ1n) is 8.13. The summed E-state index contributed by atoms with van der Waals surface area (Å²) < 4.78 is 5.22. The minimum Gasteiger partial charge on any atom is -0.444 e. The van der Waals surface area contributed by atoms with Gasteiger partial charge in [-0.1, -0.05) is 13.3 Å². The number of nitrogens with zero attached hydrogens (tertiary/aromatic N) is 1. The molecule has 0 bridgehead atoms.